The number of hydroxylamine groups is 1. The molecule has 2 aliphatic heterocycles. The van der Waals surface area contributed by atoms with E-state index in [1.807, 2.05) is 72.8 Å². The van der Waals surface area contributed by atoms with Gasteiger partial charge in [-0.15, -0.1) is 0 Å². The first-order valence-electron chi connectivity index (χ1n) is 11.2. The minimum absolute atomic E-state index is 0.278. The fourth-order valence-corrected chi connectivity index (χ4v) is 5.04. The summed E-state index contributed by atoms with van der Waals surface area (Å²) in [4.78, 5) is 34.9. The van der Waals surface area contributed by atoms with Gasteiger partial charge in [-0.25, -0.2) is 9.96 Å². The number of anilines is 2. The molecule has 0 N–H and O–H groups in total. The highest BCUT2D eigenvalue weighted by molar-refractivity contribution is 6.24. The molecule has 4 aromatic carbocycles. The standard InChI is InChI=1S/C28H22N2O4/c1-33-21-14-8-13-20(17-21)29-27(31)24-25(23-16-7-10-18-9-5-6-15-22(18)23)30(34-26(24)28(29)32)19-11-3-2-4-12-19/h2-17,24-26H,1H3/t24-,25+,26+/m0/s1. The summed E-state index contributed by atoms with van der Waals surface area (Å²) in [5, 5.41) is 3.83. The lowest BCUT2D eigenvalue weighted by Gasteiger charge is -2.29. The van der Waals surface area contributed by atoms with E-state index in [1.54, 1.807) is 36.4 Å². The van der Waals surface area contributed by atoms with Crippen LogP contribution in [-0.2, 0) is 14.4 Å². The Hall–Kier alpha value is -4.16. The van der Waals surface area contributed by atoms with E-state index in [1.165, 1.54) is 4.90 Å². The van der Waals surface area contributed by atoms with Crippen LogP contribution in [0, 0.1) is 5.92 Å². The van der Waals surface area contributed by atoms with E-state index in [2.05, 4.69) is 0 Å². The molecule has 6 heteroatoms. The van der Waals surface area contributed by atoms with Gasteiger partial charge in [0.05, 0.1) is 24.5 Å². The quantitative estimate of drug-likeness (QED) is 0.414. The van der Waals surface area contributed by atoms with Crippen LogP contribution in [0.1, 0.15) is 11.6 Å². The van der Waals surface area contributed by atoms with Crippen LogP contribution in [0.2, 0.25) is 0 Å². The molecule has 0 bridgehead atoms. The third kappa shape index (κ3) is 3.07. The third-order valence-corrected chi connectivity index (χ3v) is 6.58. The van der Waals surface area contributed by atoms with Gasteiger partial charge in [-0.2, -0.15) is 0 Å². The molecular weight excluding hydrogens is 428 g/mol. The summed E-state index contributed by atoms with van der Waals surface area (Å²) >= 11 is 0. The Morgan fingerprint density at radius 1 is 0.765 bits per heavy atom. The largest absolute Gasteiger partial charge is 0.497 e. The van der Waals surface area contributed by atoms with Gasteiger partial charge in [-0.1, -0.05) is 66.7 Å². The molecule has 2 heterocycles. The molecule has 34 heavy (non-hydrogen) atoms. The maximum atomic E-state index is 13.9. The molecule has 6 nitrogen and oxygen atoms in total. The van der Waals surface area contributed by atoms with Crippen LogP contribution < -0.4 is 14.7 Å². The Kier molecular flexibility index (Phi) is 4.81. The lowest BCUT2D eigenvalue weighted by molar-refractivity contribution is -0.126. The van der Waals surface area contributed by atoms with Crippen molar-refractivity contribution >= 4 is 34.0 Å². The van der Waals surface area contributed by atoms with Crippen LogP contribution in [0.25, 0.3) is 10.8 Å². The highest BCUT2D eigenvalue weighted by Gasteiger charge is 2.60. The summed E-state index contributed by atoms with van der Waals surface area (Å²) in [6.45, 7) is 0. The number of benzene rings is 4. The van der Waals surface area contributed by atoms with Gasteiger partial charge >= 0.3 is 0 Å². The number of nitrogens with zero attached hydrogens (tertiary/aromatic N) is 2. The van der Waals surface area contributed by atoms with E-state index in [4.69, 9.17) is 9.57 Å². The first-order valence-corrected chi connectivity index (χ1v) is 11.2. The Balaban J connectivity index is 1.50. The van der Waals surface area contributed by atoms with Crippen molar-refractivity contribution in [3.63, 3.8) is 0 Å². The predicted molar refractivity (Wildman–Crippen MR) is 129 cm³/mol. The smallest absolute Gasteiger partial charge is 0.266 e. The van der Waals surface area contributed by atoms with Crippen LogP contribution in [0.15, 0.2) is 97.1 Å². The molecule has 6 rings (SSSR count). The fraction of sp³-hybridized carbons (Fsp3) is 0.143. The Morgan fingerprint density at radius 2 is 1.47 bits per heavy atom. The average molecular weight is 450 g/mol. The van der Waals surface area contributed by atoms with Gasteiger partial charge in [0, 0.05) is 6.07 Å². The predicted octanol–water partition coefficient (Wildman–Crippen LogP) is 4.90. The molecule has 2 saturated heterocycles. The van der Waals surface area contributed by atoms with Crippen LogP contribution in [0.3, 0.4) is 0 Å². The van der Waals surface area contributed by atoms with E-state index in [0.29, 0.717) is 11.4 Å². The van der Waals surface area contributed by atoms with Crippen molar-refractivity contribution in [2.24, 2.45) is 5.92 Å². The number of rotatable bonds is 4. The van der Waals surface area contributed by atoms with E-state index >= 15 is 0 Å². The first-order chi connectivity index (χ1) is 16.7. The zero-order valence-electron chi connectivity index (χ0n) is 18.5. The molecule has 4 aromatic rings. The molecule has 168 valence electrons. The van der Waals surface area contributed by atoms with Crippen LogP contribution in [0.4, 0.5) is 11.4 Å². The van der Waals surface area contributed by atoms with Gasteiger partial charge in [-0.05, 0) is 40.6 Å². The third-order valence-electron chi connectivity index (χ3n) is 6.58. The normalized spacial score (nSPS) is 21.9. The lowest BCUT2D eigenvalue weighted by atomic mass is 9.87. The number of carbonyl (C=O) groups excluding carboxylic acids is 2. The van der Waals surface area contributed by atoms with Crippen molar-refractivity contribution in [3.8, 4) is 5.75 Å². The lowest BCUT2D eigenvalue weighted by Crippen LogP contribution is -2.37. The van der Waals surface area contributed by atoms with E-state index in [9.17, 15) is 9.59 Å². The van der Waals surface area contributed by atoms with Crippen molar-refractivity contribution in [1.29, 1.82) is 0 Å². The Labute approximate surface area is 196 Å². The molecular formula is C28H22N2O4. The maximum Gasteiger partial charge on any atom is 0.266 e. The molecule has 0 aromatic heterocycles. The van der Waals surface area contributed by atoms with Gasteiger partial charge in [0.15, 0.2) is 6.10 Å². The molecule has 0 spiro atoms. The number of amides is 2. The molecule has 2 fully saturated rings. The van der Waals surface area contributed by atoms with Crippen LogP contribution in [0.5, 0.6) is 5.75 Å². The van der Waals surface area contributed by atoms with Crippen molar-refractivity contribution in [3.05, 3.63) is 103 Å². The van der Waals surface area contributed by atoms with Crippen molar-refractivity contribution in [2.45, 2.75) is 12.1 Å². The second kappa shape index (κ2) is 8.01. The molecule has 2 amide bonds. The SMILES string of the molecule is COc1cccc(N2C(=O)[C@H]3[C@@H](c4cccc5ccccc45)N(c4ccccc4)O[C@H]3C2=O)c1. The summed E-state index contributed by atoms with van der Waals surface area (Å²) in [5.41, 5.74) is 2.22. The summed E-state index contributed by atoms with van der Waals surface area (Å²) in [6.07, 6.45) is -0.914. The number of hydrogen-bond acceptors (Lipinski definition) is 5. The van der Waals surface area contributed by atoms with Crippen molar-refractivity contribution in [2.75, 3.05) is 17.1 Å². The summed E-state index contributed by atoms with van der Waals surface area (Å²) in [5.74, 6) is -0.760. The number of imide groups is 1. The second-order valence-electron chi connectivity index (χ2n) is 8.44. The second-order valence-corrected chi connectivity index (χ2v) is 8.44. The molecule has 3 atom stereocenters. The minimum atomic E-state index is -0.914. The van der Waals surface area contributed by atoms with Gasteiger partial charge in [0.2, 0.25) is 5.91 Å². The minimum Gasteiger partial charge on any atom is -0.497 e. The summed E-state index contributed by atoms with van der Waals surface area (Å²) < 4.78 is 5.30. The van der Waals surface area contributed by atoms with Crippen molar-refractivity contribution in [1.82, 2.24) is 0 Å². The monoisotopic (exact) mass is 450 g/mol. The van der Waals surface area contributed by atoms with Gasteiger partial charge in [0.25, 0.3) is 5.91 Å². The zero-order valence-corrected chi connectivity index (χ0v) is 18.5. The van der Waals surface area contributed by atoms with Gasteiger partial charge < -0.3 is 4.74 Å². The van der Waals surface area contributed by atoms with Crippen molar-refractivity contribution < 1.29 is 19.2 Å². The maximum absolute atomic E-state index is 13.9. The topological polar surface area (TPSA) is 59.1 Å². The van der Waals surface area contributed by atoms with Crippen LogP contribution in [-0.4, -0.2) is 25.0 Å². The van der Waals surface area contributed by atoms with Gasteiger partial charge in [0.1, 0.15) is 11.7 Å². The summed E-state index contributed by atoms with van der Waals surface area (Å²) in [7, 11) is 1.55. The van der Waals surface area contributed by atoms with Crippen LogP contribution >= 0.6 is 0 Å². The number of fused-ring (bicyclic) bond motifs is 2. The first kappa shape index (κ1) is 20.4. The highest BCUT2D eigenvalue weighted by Crippen LogP contribution is 2.49. The zero-order chi connectivity index (χ0) is 23.2. The number of methoxy groups -OCH3 is 1. The van der Waals surface area contributed by atoms with E-state index in [0.717, 1.165) is 22.0 Å². The molecule has 0 unspecified atom stereocenters. The molecule has 0 radical (unpaired) electrons. The Morgan fingerprint density at radius 3 is 2.29 bits per heavy atom. The number of ether oxygens (including phenoxy) is 1. The van der Waals surface area contributed by atoms with Gasteiger partial charge in [-0.3, -0.25) is 14.4 Å². The van der Waals surface area contributed by atoms with E-state index in [-0.39, 0.29) is 11.8 Å². The fourth-order valence-electron chi connectivity index (χ4n) is 5.04. The number of hydrogen-bond donors (Lipinski definition) is 0. The Bertz CT molecular complexity index is 1400. The molecule has 0 aliphatic carbocycles. The van der Waals surface area contributed by atoms with E-state index < -0.39 is 18.1 Å². The average Bonchev–Trinajstić information content (AvgIpc) is 3.40. The highest BCUT2D eigenvalue weighted by atomic mass is 16.7. The molecule has 0 saturated carbocycles. The summed E-state index contributed by atoms with van der Waals surface area (Å²) in [6, 6.07) is 30.2. The number of para-hydroxylation sites is 1. The molecule has 2 aliphatic rings. The number of carbonyl (C=O) groups is 2.